The summed E-state index contributed by atoms with van der Waals surface area (Å²) >= 11 is 0. The summed E-state index contributed by atoms with van der Waals surface area (Å²) in [4.78, 5) is 24.1. The normalized spacial score (nSPS) is 20.5. The number of nitrogens with one attached hydrogen (secondary N) is 3. The summed E-state index contributed by atoms with van der Waals surface area (Å²) in [6.45, 7) is 1.86. The van der Waals surface area contributed by atoms with Crippen molar-refractivity contribution in [3.05, 3.63) is 41.7 Å². The first-order valence-corrected chi connectivity index (χ1v) is 10.7. The number of rotatable bonds is 11. The number of nitrogens with zero attached hydrogens (tertiary/aromatic N) is 1. The second kappa shape index (κ2) is 9.14. The van der Waals surface area contributed by atoms with Crippen LogP contribution in [0.2, 0.25) is 0 Å². The van der Waals surface area contributed by atoms with E-state index in [9.17, 15) is 14.0 Å². The smallest absolute Gasteiger partial charge is 0.324 e. The third kappa shape index (κ3) is 4.99. The average molecular weight is 416 g/mol. The summed E-state index contributed by atoms with van der Waals surface area (Å²) in [5.41, 5.74) is 7.58. The monoisotopic (exact) mass is 416 g/mol. The Morgan fingerprint density at radius 2 is 2.10 bits per heavy atom. The minimum atomic E-state index is -0.337. The lowest BCUT2D eigenvalue weighted by Gasteiger charge is -2.43. The third-order valence-corrected chi connectivity index (χ3v) is 5.99. The Labute approximate surface area is 176 Å². The fourth-order valence-corrected chi connectivity index (χ4v) is 3.76. The summed E-state index contributed by atoms with van der Waals surface area (Å²) in [7, 11) is 0. The van der Waals surface area contributed by atoms with E-state index in [4.69, 9.17) is 4.74 Å². The van der Waals surface area contributed by atoms with E-state index >= 15 is 0 Å². The molecule has 1 aromatic rings. The van der Waals surface area contributed by atoms with Gasteiger partial charge in [0.1, 0.15) is 6.54 Å². The van der Waals surface area contributed by atoms with E-state index in [1.165, 1.54) is 23.8 Å². The SMILES string of the molecule is O=C1CN(C/C=C/CCNNC2(c3ccc(F)c(OCC4CC4)c3)CCC2)C(=O)N1. The van der Waals surface area contributed by atoms with Crippen LogP contribution in [0.3, 0.4) is 0 Å². The van der Waals surface area contributed by atoms with Crippen LogP contribution < -0.4 is 20.9 Å². The highest BCUT2D eigenvalue weighted by Gasteiger charge is 2.39. The molecule has 0 bridgehead atoms. The molecule has 7 nitrogen and oxygen atoms in total. The molecule has 0 aromatic heterocycles. The van der Waals surface area contributed by atoms with Crippen molar-refractivity contribution < 1.29 is 18.7 Å². The van der Waals surface area contributed by atoms with Gasteiger partial charge in [0.2, 0.25) is 5.91 Å². The molecule has 0 spiro atoms. The number of ether oxygens (including phenoxy) is 1. The topological polar surface area (TPSA) is 82.7 Å². The molecular weight excluding hydrogens is 387 g/mol. The number of benzene rings is 1. The van der Waals surface area contributed by atoms with Crippen LogP contribution in [0, 0.1) is 11.7 Å². The Hall–Kier alpha value is -2.45. The van der Waals surface area contributed by atoms with Crippen LogP contribution in [-0.2, 0) is 10.3 Å². The molecular formula is C22H29FN4O3. The van der Waals surface area contributed by atoms with Crippen molar-refractivity contribution in [1.29, 1.82) is 0 Å². The van der Waals surface area contributed by atoms with Crippen molar-refractivity contribution in [1.82, 2.24) is 21.1 Å². The molecule has 1 saturated heterocycles. The number of hydrogen-bond acceptors (Lipinski definition) is 5. The van der Waals surface area contributed by atoms with Gasteiger partial charge in [0.25, 0.3) is 0 Å². The van der Waals surface area contributed by atoms with Crippen LogP contribution in [0.25, 0.3) is 0 Å². The minimum Gasteiger partial charge on any atom is -0.490 e. The molecule has 1 aromatic carbocycles. The highest BCUT2D eigenvalue weighted by molar-refractivity contribution is 6.01. The lowest BCUT2D eigenvalue weighted by atomic mass is 9.72. The zero-order valence-corrected chi connectivity index (χ0v) is 17.1. The largest absolute Gasteiger partial charge is 0.490 e. The van der Waals surface area contributed by atoms with Gasteiger partial charge in [0.05, 0.1) is 12.1 Å². The number of halogens is 1. The van der Waals surface area contributed by atoms with Crippen molar-refractivity contribution >= 4 is 11.9 Å². The van der Waals surface area contributed by atoms with E-state index in [1.807, 2.05) is 24.3 Å². The molecule has 0 atom stereocenters. The fraction of sp³-hybridized carbons (Fsp3) is 0.545. The number of carbonyl (C=O) groups is 2. The molecule has 3 amide bonds. The predicted molar refractivity (Wildman–Crippen MR) is 110 cm³/mol. The van der Waals surface area contributed by atoms with Crippen LogP contribution in [0.1, 0.15) is 44.1 Å². The Kier molecular flexibility index (Phi) is 6.34. The fourth-order valence-electron chi connectivity index (χ4n) is 3.76. The Balaban J connectivity index is 1.23. The standard InChI is InChI=1S/C22H29FN4O3/c23-18-8-7-17(13-19(18)30-15-16-5-6-16)22(9-4-10-22)26-24-11-2-1-3-12-27-14-20(28)25-21(27)29/h1,3,7-8,13,16,24,26H,2,4-6,9-12,14-15H2,(H,25,28,29)/b3-1+. The Morgan fingerprint density at radius 1 is 1.27 bits per heavy atom. The quantitative estimate of drug-likeness (QED) is 0.224. The van der Waals surface area contributed by atoms with Gasteiger partial charge in [-0.2, -0.15) is 0 Å². The van der Waals surface area contributed by atoms with Gasteiger partial charge in [-0.1, -0.05) is 18.2 Å². The summed E-state index contributed by atoms with van der Waals surface area (Å²) in [5, 5.41) is 2.26. The van der Waals surface area contributed by atoms with Crippen LogP contribution in [0.15, 0.2) is 30.4 Å². The van der Waals surface area contributed by atoms with Crippen molar-refractivity contribution in [3.63, 3.8) is 0 Å². The van der Waals surface area contributed by atoms with Crippen molar-refractivity contribution in [3.8, 4) is 5.75 Å². The number of amides is 3. The van der Waals surface area contributed by atoms with Crippen LogP contribution in [0.5, 0.6) is 5.75 Å². The molecule has 8 heteroatoms. The lowest BCUT2D eigenvalue weighted by Crippen LogP contribution is -2.54. The predicted octanol–water partition coefficient (Wildman–Crippen LogP) is 2.59. The number of imide groups is 1. The number of carbonyl (C=O) groups excluding carboxylic acids is 2. The molecule has 162 valence electrons. The maximum Gasteiger partial charge on any atom is 0.324 e. The van der Waals surface area contributed by atoms with E-state index in [2.05, 4.69) is 16.2 Å². The van der Waals surface area contributed by atoms with Crippen LogP contribution in [0.4, 0.5) is 9.18 Å². The Morgan fingerprint density at radius 3 is 2.77 bits per heavy atom. The molecule has 0 radical (unpaired) electrons. The van der Waals surface area contributed by atoms with Gasteiger partial charge in [-0.05, 0) is 62.1 Å². The first-order valence-electron chi connectivity index (χ1n) is 10.7. The second-order valence-electron chi connectivity index (χ2n) is 8.38. The van der Waals surface area contributed by atoms with E-state index in [1.54, 1.807) is 0 Å². The first kappa shape index (κ1) is 20.8. The van der Waals surface area contributed by atoms with Crippen LogP contribution in [-0.4, -0.2) is 43.1 Å². The average Bonchev–Trinajstić information content (AvgIpc) is 3.46. The van der Waals surface area contributed by atoms with Gasteiger partial charge in [-0.3, -0.25) is 15.5 Å². The van der Waals surface area contributed by atoms with E-state index in [0.29, 0.717) is 24.8 Å². The molecule has 30 heavy (non-hydrogen) atoms. The molecule has 3 aliphatic rings. The van der Waals surface area contributed by atoms with Gasteiger partial charge >= 0.3 is 6.03 Å². The zero-order chi connectivity index (χ0) is 21.0. The lowest BCUT2D eigenvalue weighted by molar-refractivity contribution is -0.118. The molecule has 1 heterocycles. The summed E-state index contributed by atoms with van der Waals surface area (Å²) < 4.78 is 19.8. The van der Waals surface area contributed by atoms with Gasteiger partial charge in [0.15, 0.2) is 11.6 Å². The minimum absolute atomic E-state index is 0.121. The maximum atomic E-state index is 14.1. The molecule has 3 N–H and O–H groups in total. The van der Waals surface area contributed by atoms with Crippen molar-refractivity contribution in [2.45, 2.75) is 44.1 Å². The highest BCUT2D eigenvalue weighted by Crippen LogP contribution is 2.42. The van der Waals surface area contributed by atoms with Gasteiger partial charge in [0, 0.05) is 13.1 Å². The second-order valence-corrected chi connectivity index (χ2v) is 8.38. The van der Waals surface area contributed by atoms with Crippen LogP contribution >= 0.6 is 0 Å². The first-order chi connectivity index (χ1) is 14.6. The molecule has 1 aliphatic heterocycles. The summed E-state index contributed by atoms with van der Waals surface area (Å²) in [6, 6.07) is 4.85. The third-order valence-electron chi connectivity index (χ3n) is 5.99. The van der Waals surface area contributed by atoms with E-state index < -0.39 is 0 Å². The number of hydrazine groups is 1. The van der Waals surface area contributed by atoms with Crippen molar-refractivity contribution in [2.24, 2.45) is 5.92 Å². The zero-order valence-electron chi connectivity index (χ0n) is 17.1. The van der Waals surface area contributed by atoms with Crippen molar-refractivity contribution in [2.75, 3.05) is 26.2 Å². The van der Waals surface area contributed by atoms with Gasteiger partial charge < -0.3 is 9.64 Å². The summed E-state index contributed by atoms with van der Waals surface area (Å²) in [5.74, 6) is 0.367. The maximum absolute atomic E-state index is 14.1. The van der Waals surface area contributed by atoms with E-state index in [-0.39, 0.29) is 29.8 Å². The summed E-state index contributed by atoms with van der Waals surface area (Å²) in [6.07, 6.45) is 10.1. The number of urea groups is 1. The molecule has 2 saturated carbocycles. The highest BCUT2D eigenvalue weighted by atomic mass is 19.1. The molecule has 3 fully saturated rings. The molecule has 4 rings (SSSR count). The molecule has 2 aliphatic carbocycles. The van der Waals surface area contributed by atoms with E-state index in [0.717, 1.165) is 37.8 Å². The van der Waals surface area contributed by atoms with Gasteiger partial charge in [-0.15, -0.1) is 0 Å². The van der Waals surface area contributed by atoms with Gasteiger partial charge in [-0.25, -0.2) is 14.6 Å². The number of hydrogen-bond donors (Lipinski definition) is 3. The Bertz CT molecular complexity index is 821. The molecule has 0 unspecified atom stereocenters.